The first-order valence-electron chi connectivity index (χ1n) is 3.99. The molecule has 0 aliphatic heterocycles. The molecular formula is C10H11ClO2S. The summed E-state index contributed by atoms with van der Waals surface area (Å²) >= 11 is 5.60. The van der Waals surface area contributed by atoms with Crippen molar-refractivity contribution in [2.75, 3.05) is 12.1 Å². The fourth-order valence-electron chi connectivity index (χ4n) is 1.02. The van der Waals surface area contributed by atoms with E-state index < -0.39 is 9.84 Å². The van der Waals surface area contributed by atoms with Crippen LogP contribution in [-0.4, -0.2) is 20.6 Å². The summed E-state index contributed by atoms with van der Waals surface area (Å²) in [6.45, 7) is 3.74. The fraction of sp³-hybridized carbons (Fsp3) is 0.200. The molecule has 1 aromatic rings. The van der Waals surface area contributed by atoms with Gasteiger partial charge in [0.25, 0.3) is 0 Å². The van der Waals surface area contributed by atoms with Gasteiger partial charge in [-0.05, 0) is 23.3 Å². The lowest BCUT2D eigenvalue weighted by molar-refractivity contribution is 0.602. The van der Waals surface area contributed by atoms with Crippen LogP contribution in [0.5, 0.6) is 0 Å². The van der Waals surface area contributed by atoms with Crippen molar-refractivity contribution in [3.8, 4) is 0 Å². The quantitative estimate of drug-likeness (QED) is 0.747. The van der Waals surface area contributed by atoms with Gasteiger partial charge in [0.15, 0.2) is 9.84 Å². The maximum absolute atomic E-state index is 11.2. The van der Waals surface area contributed by atoms with Crippen LogP contribution < -0.4 is 0 Å². The van der Waals surface area contributed by atoms with Gasteiger partial charge in [0.2, 0.25) is 0 Å². The van der Waals surface area contributed by atoms with E-state index in [4.69, 9.17) is 11.6 Å². The Morgan fingerprint density at radius 3 is 2.64 bits per heavy atom. The van der Waals surface area contributed by atoms with Crippen molar-refractivity contribution < 1.29 is 8.42 Å². The number of hydrogen-bond acceptors (Lipinski definition) is 2. The Morgan fingerprint density at radius 2 is 2.14 bits per heavy atom. The fourth-order valence-corrected chi connectivity index (χ4v) is 1.84. The highest BCUT2D eigenvalue weighted by molar-refractivity contribution is 7.90. The molecule has 0 N–H and O–H groups in total. The average Bonchev–Trinajstić information content (AvgIpc) is 2.15. The second-order valence-electron chi connectivity index (χ2n) is 3.04. The molecule has 1 aromatic carbocycles. The van der Waals surface area contributed by atoms with E-state index in [9.17, 15) is 8.42 Å². The molecule has 0 fully saturated rings. The third-order valence-corrected chi connectivity index (χ3v) is 3.26. The first-order valence-corrected chi connectivity index (χ1v) is 6.42. The standard InChI is InChI=1S/C10H11ClO2S/c1-8(7-11)9-4-3-5-10(6-9)14(2,12)13/h3-6H,1,7H2,2H3. The molecule has 0 amide bonds. The molecule has 0 aliphatic carbocycles. The number of sulfone groups is 1. The lowest BCUT2D eigenvalue weighted by Gasteiger charge is -2.03. The van der Waals surface area contributed by atoms with Gasteiger partial charge in [-0.1, -0.05) is 18.7 Å². The van der Waals surface area contributed by atoms with Gasteiger partial charge in [0.05, 0.1) is 4.90 Å². The van der Waals surface area contributed by atoms with Gasteiger partial charge >= 0.3 is 0 Å². The smallest absolute Gasteiger partial charge is 0.175 e. The van der Waals surface area contributed by atoms with Gasteiger partial charge in [0.1, 0.15) is 0 Å². The SMILES string of the molecule is C=C(CCl)c1cccc(S(C)(=O)=O)c1. The molecule has 1 rings (SSSR count). The molecule has 0 heterocycles. The van der Waals surface area contributed by atoms with Gasteiger partial charge < -0.3 is 0 Å². The second-order valence-corrected chi connectivity index (χ2v) is 5.32. The van der Waals surface area contributed by atoms with E-state index in [0.717, 1.165) is 11.1 Å². The summed E-state index contributed by atoms with van der Waals surface area (Å²) in [6, 6.07) is 6.61. The summed E-state index contributed by atoms with van der Waals surface area (Å²) in [6.07, 6.45) is 1.18. The van der Waals surface area contributed by atoms with Crippen LogP contribution >= 0.6 is 11.6 Å². The van der Waals surface area contributed by atoms with Crippen molar-refractivity contribution in [1.82, 2.24) is 0 Å². The van der Waals surface area contributed by atoms with E-state index in [2.05, 4.69) is 6.58 Å². The minimum absolute atomic E-state index is 0.293. The first kappa shape index (κ1) is 11.3. The van der Waals surface area contributed by atoms with E-state index in [1.165, 1.54) is 6.26 Å². The molecule has 0 atom stereocenters. The Bertz CT molecular complexity index is 449. The molecule has 0 unspecified atom stereocenters. The molecule has 0 aromatic heterocycles. The minimum atomic E-state index is -3.15. The van der Waals surface area contributed by atoms with Crippen molar-refractivity contribution >= 4 is 27.0 Å². The van der Waals surface area contributed by atoms with Crippen LogP contribution in [0.1, 0.15) is 5.56 Å². The molecule has 76 valence electrons. The summed E-state index contributed by atoms with van der Waals surface area (Å²) in [5.41, 5.74) is 1.49. The normalized spacial score (nSPS) is 11.3. The van der Waals surface area contributed by atoms with E-state index >= 15 is 0 Å². The van der Waals surface area contributed by atoms with Crippen molar-refractivity contribution in [3.05, 3.63) is 36.4 Å². The molecule has 0 radical (unpaired) electrons. The van der Waals surface area contributed by atoms with Crippen LogP contribution in [0, 0.1) is 0 Å². The Kier molecular flexibility index (Phi) is 3.34. The third-order valence-electron chi connectivity index (χ3n) is 1.83. The molecule has 0 bridgehead atoms. The number of benzene rings is 1. The number of halogens is 1. The Labute approximate surface area is 89.1 Å². The number of alkyl halides is 1. The number of allylic oxidation sites excluding steroid dienone is 1. The zero-order valence-electron chi connectivity index (χ0n) is 7.83. The summed E-state index contributed by atoms with van der Waals surface area (Å²) < 4.78 is 22.5. The van der Waals surface area contributed by atoms with Crippen LogP contribution in [0.2, 0.25) is 0 Å². The largest absolute Gasteiger partial charge is 0.224 e. The molecule has 14 heavy (non-hydrogen) atoms. The van der Waals surface area contributed by atoms with Crippen molar-refractivity contribution in [2.24, 2.45) is 0 Å². The van der Waals surface area contributed by atoms with E-state index in [0.29, 0.717) is 10.8 Å². The first-order chi connectivity index (χ1) is 6.45. The van der Waals surface area contributed by atoms with E-state index in [-0.39, 0.29) is 0 Å². The Morgan fingerprint density at radius 1 is 1.50 bits per heavy atom. The average molecular weight is 231 g/mol. The van der Waals surface area contributed by atoms with Crippen LogP contribution in [0.25, 0.3) is 5.57 Å². The maximum atomic E-state index is 11.2. The predicted molar refractivity (Wildman–Crippen MR) is 59.3 cm³/mol. The molecule has 4 heteroatoms. The van der Waals surface area contributed by atoms with Gasteiger partial charge in [-0.2, -0.15) is 0 Å². The topological polar surface area (TPSA) is 34.1 Å². The summed E-state index contributed by atoms with van der Waals surface area (Å²) in [5, 5.41) is 0. The zero-order valence-corrected chi connectivity index (χ0v) is 9.40. The molecule has 0 spiro atoms. The maximum Gasteiger partial charge on any atom is 0.175 e. The Balaban J connectivity index is 3.21. The van der Waals surface area contributed by atoms with Gasteiger partial charge in [-0.15, -0.1) is 11.6 Å². The lowest BCUT2D eigenvalue weighted by Crippen LogP contribution is -1.97. The Hall–Kier alpha value is -0.800. The van der Waals surface area contributed by atoms with Crippen molar-refractivity contribution in [1.29, 1.82) is 0 Å². The predicted octanol–water partition coefficient (Wildman–Crippen LogP) is 2.34. The molecule has 0 saturated carbocycles. The number of hydrogen-bond donors (Lipinski definition) is 0. The van der Waals surface area contributed by atoms with Gasteiger partial charge in [-0.25, -0.2) is 8.42 Å². The van der Waals surface area contributed by atoms with Crippen molar-refractivity contribution in [2.45, 2.75) is 4.90 Å². The molecular weight excluding hydrogens is 220 g/mol. The van der Waals surface area contributed by atoms with E-state index in [1.807, 2.05) is 0 Å². The highest BCUT2D eigenvalue weighted by Crippen LogP contribution is 2.18. The molecule has 0 saturated heterocycles. The van der Waals surface area contributed by atoms with E-state index in [1.54, 1.807) is 24.3 Å². The second kappa shape index (κ2) is 4.15. The molecule has 2 nitrogen and oxygen atoms in total. The lowest BCUT2D eigenvalue weighted by atomic mass is 10.1. The van der Waals surface area contributed by atoms with Gasteiger partial charge in [0, 0.05) is 12.1 Å². The summed E-state index contributed by atoms with van der Waals surface area (Å²) in [4.78, 5) is 0.293. The summed E-state index contributed by atoms with van der Waals surface area (Å²) in [5.74, 6) is 0.299. The monoisotopic (exact) mass is 230 g/mol. The van der Waals surface area contributed by atoms with Crippen molar-refractivity contribution in [3.63, 3.8) is 0 Å². The van der Waals surface area contributed by atoms with Crippen LogP contribution in [0.4, 0.5) is 0 Å². The van der Waals surface area contributed by atoms with Gasteiger partial charge in [-0.3, -0.25) is 0 Å². The summed E-state index contributed by atoms with van der Waals surface area (Å²) in [7, 11) is -3.15. The van der Waals surface area contributed by atoms with Crippen LogP contribution in [0.3, 0.4) is 0 Å². The minimum Gasteiger partial charge on any atom is -0.224 e. The highest BCUT2D eigenvalue weighted by atomic mass is 35.5. The highest BCUT2D eigenvalue weighted by Gasteiger charge is 2.07. The number of rotatable bonds is 3. The van der Waals surface area contributed by atoms with Crippen LogP contribution in [0.15, 0.2) is 35.7 Å². The zero-order chi connectivity index (χ0) is 10.8. The van der Waals surface area contributed by atoms with Crippen LogP contribution in [-0.2, 0) is 9.84 Å². The third kappa shape index (κ3) is 2.59. The molecule has 0 aliphatic rings.